The molecule has 6 heteroatoms. The zero-order chi connectivity index (χ0) is 13.8. The van der Waals surface area contributed by atoms with Crippen molar-refractivity contribution in [1.29, 1.82) is 0 Å². The van der Waals surface area contributed by atoms with Crippen LogP contribution in [0.1, 0.15) is 28.9 Å². The number of carboxylic acids is 1. The van der Waals surface area contributed by atoms with Gasteiger partial charge < -0.3 is 14.8 Å². The molecule has 0 amide bonds. The Labute approximate surface area is 118 Å². The first-order chi connectivity index (χ1) is 9.08. The van der Waals surface area contributed by atoms with E-state index in [-0.39, 0.29) is 5.56 Å². The number of oxazole rings is 1. The molecule has 100 valence electrons. The minimum atomic E-state index is -0.964. The molecule has 0 saturated carbocycles. The van der Waals surface area contributed by atoms with Crippen molar-refractivity contribution < 1.29 is 14.3 Å². The van der Waals surface area contributed by atoms with Gasteiger partial charge in [-0.1, -0.05) is 22.9 Å². The Morgan fingerprint density at radius 1 is 1.47 bits per heavy atom. The molecule has 0 unspecified atom stereocenters. The molecule has 1 aromatic carbocycles. The molecular formula is C13H13BrN2O3. The number of nitrogens with zero attached hydrogens (tertiary/aromatic N) is 1. The quantitative estimate of drug-likeness (QED) is 0.882. The molecule has 2 rings (SSSR count). The van der Waals surface area contributed by atoms with Gasteiger partial charge in [-0.25, -0.2) is 9.78 Å². The summed E-state index contributed by atoms with van der Waals surface area (Å²) in [5.74, 6) is 0.444. The predicted octanol–water partition coefficient (Wildman–Crippen LogP) is 3.31. The molecule has 0 fully saturated rings. The molecule has 1 heterocycles. The lowest BCUT2D eigenvalue weighted by Crippen LogP contribution is -2.02. The van der Waals surface area contributed by atoms with E-state index in [0.29, 0.717) is 22.6 Å². The van der Waals surface area contributed by atoms with Gasteiger partial charge in [0.05, 0.1) is 18.3 Å². The number of aromatic carboxylic acids is 1. The van der Waals surface area contributed by atoms with Gasteiger partial charge in [0, 0.05) is 16.6 Å². The number of nitrogens with one attached hydrogen (secondary N) is 1. The topological polar surface area (TPSA) is 75.4 Å². The van der Waals surface area contributed by atoms with E-state index in [4.69, 9.17) is 9.52 Å². The summed E-state index contributed by atoms with van der Waals surface area (Å²) in [6.45, 7) is 2.40. The zero-order valence-electron chi connectivity index (χ0n) is 10.3. The third-order valence-electron chi connectivity index (χ3n) is 2.54. The summed E-state index contributed by atoms with van der Waals surface area (Å²) < 4.78 is 6.17. The fourth-order valence-corrected chi connectivity index (χ4v) is 2.08. The van der Waals surface area contributed by atoms with Crippen LogP contribution in [0.4, 0.5) is 5.69 Å². The number of benzene rings is 1. The number of anilines is 1. The van der Waals surface area contributed by atoms with Gasteiger partial charge in [-0.2, -0.15) is 0 Å². The van der Waals surface area contributed by atoms with Crippen molar-refractivity contribution in [2.24, 2.45) is 0 Å². The van der Waals surface area contributed by atoms with Gasteiger partial charge in [0.2, 0.25) is 5.89 Å². The van der Waals surface area contributed by atoms with Crippen LogP contribution in [0.15, 0.2) is 33.3 Å². The normalized spacial score (nSPS) is 10.4. The third-order valence-corrected chi connectivity index (χ3v) is 3.00. The standard InChI is InChI=1S/C13H13BrN2O3/c1-2-11-6-16-12(19-11)7-15-10-4-8(13(17)18)3-9(14)5-10/h3-6,15H,2,7H2,1H3,(H,17,18). The Bertz CT molecular complexity index is 595. The van der Waals surface area contributed by atoms with E-state index in [1.165, 1.54) is 0 Å². The van der Waals surface area contributed by atoms with Crippen LogP contribution >= 0.6 is 15.9 Å². The van der Waals surface area contributed by atoms with E-state index in [1.807, 2.05) is 6.92 Å². The smallest absolute Gasteiger partial charge is 0.335 e. The SMILES string of the molecule is CCc1cnc(CNc2cc(Br)cc(C(=O)O)c2)o1. The number of aryl methyl sites for hydroxylation is 1. The molecule has 19 heavy (non-hydrogen) atoms. The Hall–Kier alpha value is -1.82. The lowest BCUT2D eigenvalue weighted by molar-refractivity contribution is 0.0697. The molecular weight excluding hydrogens is 312 g/mol. The summed E-state index contributed by atoms with van der Waals surface area (Å²) in [7, 11) is 0. The fourth-order valence-electron chi connectivity index (χ4n) is 1.59. The second-order valence-electron chi connectivity index (χ2n) is 3.96. The maximum Gasteiger partial charge on any atom is 0.335 e. The predicted molar refractivity (Wildman–Crippen MR) is 74.3 cm³/mol. The van der Waals surface area contributed by atoms with Crippen LogP contribution in [-0.4, -0.2) is 16.1 Å². The monoisotopic (exact) mass is 324 g/mol. The van der Waals surface area contributed by atoms with Crippen molar-refractivity contribution in [2.45, 2.75) is 19.9 Å². The highest BCUT2D eigenvalue weighted by Crippen LogP contribution is 2.20. The third kappa shape index (κ3) is 3.57. The Morgan fingerprint density at radius 2 is 2.26 bits per heavy atom. The molecule has 2 aromatic rings. The van der Waals surface area contributed by atoms with Gasteiger partial charge in [-0.3, -0.25) is 0 Å². The van der Waals surface area contributed by atoms with Crippen LogP contribution in [0.25, 0.3) is 0 Å². The van der Waals surface area contributed by atoms with Gasteiger partial charge in [0.25, 0.3) is 0 Å². The van der Waals surface area contributed by atoms with E-state index in [0.717, 1.165) is 12.2 Å². The molecule has 0 saturated heterocycles. The summed E-state index contributed by atoms with van der Waals surface area (Å²) in [6.07, 6.45) is 2.49. The van der Waals surface area contributed by atoms with Crippen molar-refractivity contribution in [1.82, 2.24) is 4.98 Å². The van der Waals surface area contributed by atoms with Crippen molar-refractivity contribution in [3.63, 3.8) is 0 Å². The highest BCUT2D eigenvalue weighted by Gasteiger charge is 2.07. The van der Waals surface area contributed by atoms with Gasteiger partial charge in [-0.05, 0) is 18.2 Å². The van der Waals surface area contributed by atoms with Gasteiger partial charge >= 0.3 is 5.97 Å². The van der Waals surface area contributed by atoms with Crippen molar-refractivity contribution >= 4 is 27.6 Å². The molecule has 0 bridgehead atoms. The molecule has 0 aliphatic heterocycles. The van der Waals surface area contributed by atoms with E-state index in [1.54, 1.807) is 24.4 Å². The minimum absolute atomic E-state index is 0.221. The molecule has 5 nitrogen and oxygen atoms in total. The Balaban J connectivity index is 2.08. The maximum absolute atomic E-state index is 10.9. The number of hydrogen-bond acceptors (Lipinski definition) is 4. The van der Waals surface area contributed by atoms with Crippen LogP contribution in [0, 0.1) is 0 Å². The summed E-state index contributed by atoms with van der Waals surface area (Å²) >= 11 is 3.28. The summed E-state index contributed by atoms with van der Waals surface area (Å²) in [5, 5.41) is 12.1. The first kappa shape index (κ1) is 13.6. The minimum Gasteiger partial charge on any atom is -0.478 e. The first-order valence-electron chi connectivity index (χ1n) is 5.80. The number of halogens is 1. The van der Waals surface area contributed by atoms with Gasteiger partial charge in [-0.15, -0.1) is 0 Å². The van der Waals surface area contributed by atoms with Gasteiger partial charge in [0.15, 0.2) is 0 Å². The van der Waals surface area contributed by atoms with Gasteiger partial charge in [0.1, 0.15) is 5.76 Å². The molecule has 0 aliphatic rings. The average Bonchev–Trinajstić information content (AvgIpc) is 2.83. The van der Waals surface area contributed by atoms with Crippen LogP contribution in [0.5, 0.6) is 0 Å². The van der Waals surface area contributed by atoms with Crippen LogP contribution in [-0.2, 0) is 13.0 Å². The Morgan fingerprint density at radius 3 is 2.89 bits per heavy atom. The molecule has 0 spiro atoms. The molecule has 0 radical (unpaired) electrons. The summed E-state index contributed by atoms with van der Waals surface area (Å²) in [6, 6.07) is 4.92. The van der Waals surface area contributed by atoms with Crippen LogP contribution in [0.3, 0.4) is 0 Å². The lowest BCUT2D eigenvalue weighted by atomic mass is 10.2. The molecule has 0 atom stereocenters. The Kier molecular flexibility index (Phi) is 4.21. The van der Waals surface area contributed by atoms with E-state index in [9.17, 15) is 4.79 Å². The second-order valence-corrected chi connectivity index (χ2v) is 4.88. The van der Waals surface area contributed by atoms with E-state index in [2.05, 4.69) is 26.2 Å². The number of carbonyl (C=O) groups is 1. The van der Waals surface area contributed by atoms with Crippen molar-refractivity contribution in [3.8, 4) is 0 Å². The number of hydrogen-bond donors (Lipinski definition) is 2. The zero-order valence-corrected chi connectivity index (χ0v) is 11.9. The van der Waals surface area contributed by atoms with E-state index < -0.39 is 5.97 Å². The number of carboxylic acid groups (broad SMARTS) is 1. The first-order valence-corrected chi connectivity index (χ1v) is 6.59. The second kappa shape index (κ2) is 5.88. The molecule has 1 aromatic heterocycles. The van der Waals surface area contributed by atoms with Crippen LogP contribution < -0.4 is 5.32 Å². The highest BCUT2D eigenvalue weighted by atomic mass is 79.9. The summed E-state index contributed by atoms with van der Waals surface area (Å²) in [5.41, 5.74) is 0.918. The van der Waals surface area contributed by atoms with E-state index >= 15 is 0 Å². The largest absolute Gasteiger partial charge is 0.478 e. The van der Waals surface area contributed by atoms with Crippen molar-refractivity contribution in [2.75, 3.05) is 5.32 Å². The van der Waals surface area contributed by atoms with Crippen LogP contribution in [0.2, 0.25) is 0 Å². The lowest BCUT2D eigenvalue weighted by Gasteiger charge is -2.06. The highest BCUT2D eigenvalue weighted by molar-refractivity contribution is 9.10. The number of aromatic nitrogens is 1. The van der Waals surface area contributed by atoms with Crippen molar-refractivity contribution in [3.05, 3.63) is 46.1 Å². The summed E-state index contributed by atoms with van der Waals surface area (Å²) in [4.78, 5) is 15.1. The average molecular weight is 325 g/mol. The fraction of sp³-hybridized carbons (Fsp3) is 0.231. The number of rotatable bonds is 5. The maximum atomic E-state index is 10.9. The molecule has 0 aliphatic carbocycles. The molecule has 2 N–H and O–H groups in total.